The fourth-order valence-corrected chi connectivity index (χ4v) is 0.602. The third kappa shape index (κ3) is 1.15. The lowest BCUT2D eigenvalue weighted by Crippen LogP contribution is -2.20. The van der Waals surface area contributed by atoms with Crippen LogP contribution in [0.5, 0.6) is 0 Å². The summed E-state index contributed by atoms with van der Waals surface area (Å²) in [4.78, 5) is 0. The van der Waals surface area contributed by atoms with Crippen LogP contribution in [0.3, 0.4) is 0 Å². The van der Waals surface area contributed by atoms with E-state index in [4.69, 9.17) is 0 Å². The Labute approximate surface area is 60.1 Å². The second-order valence-electron chi connectivity index (χ2n) is 1.99. The molecule has 0 saturated heterocycles. The summed E-state index contributed by atoms with van der Waals surface area (Å²) in [5.41, 5.74) is 0. The minimum absolute atomic E-state index is 0.755. The van der Waals surface area contributed by atoms with Crippen molar-refractivity contribution in [3.05, 3.63) is 12.4 Å². The van der Waals surface area contributed by atoms with Crippen LogP contribution >= 0.6 is 0 Å². The summed E-state index contributed by atoms with van der Waals surface area (Å²) in [5, 5.41) is 11.3. The van der Waals surface area contributed by atoms with Crippen molar-refractivity contribution in [3.8, 4) is 0 Å². The summed E-state index contributed by atoms with van der Waals surface area (Å²) < 4.78 is 0. The molecule has 0 atom stereocenters. The van der Waals surface area contributed by atoms with Crippen molar-refractivity contribution in [2.24, 2.45) is 10.2 Å². The minimum Gasteiger partial charge on any atom is -0.252 e. The number of nitrogens with zero attached hydrogens (tertiary/aromatic N) is 4. The van der Waals surface area contributed by atoms with E-state index in [9.17, 15) is 0 Å². The smallest absolute Gasteiger partial charge is 0.137 e. The molecule has 0 spiro atoms. The Morgan fingerprint density at radius 1 is 1.20 bits per heavy atom. The van der Waals surface area contributed by atoms with Crippen molar-refractivity contribution in [1.29, 1.82) is 0 Å². The molecule has 0 radical (unpaired) electrons. The van der Waals surface area contributed by atoms with Gasteiger partial charge in [0.15, 0.2) is 0 Å². The molecule has 0 amide bonds. The average molecular weight is 138 g/mol. The van der Waals surface area contributed by atoms with Gasteiger partial charge in [-0.3, -0.25) is 10.0 Å². The maximum Gasteiger partial charge on any atom is 0.137 e. The molecule has 0 bridgehead atoms. The van der Waals surface area contributed by atoms with E-state index >= 15 is 0 Å². The molecule has 54 valence electrons. The molecule has 0 aromatic rings. The highest BCUT2D eigenvalue weighted by atomic mass is 15.6. The second-order valence-corrected chi connectivity index (χ2v) is 1.99. The maximum absolute atomic E-state index is 3.97. The molecule has 0 aromatic heterocycles. The van der Waals surface area contributed by atoms with Crippen molar-refractivity contribution < 1.29 is 0 Å². The Morgan fingerprint density at radius 3 is 2.00 bits per heavy atom. The SMILES string of the molecule is C=C1N(C)N=CC=NN1C. The molecule has 4 nitrogen and oxygen atoms in total. The monoisotopic (exact) mass is 138 g/mol. The first-order valence-corrected chi connectivity index (χ1v) is 2.94. The van der Waals surface area contributed by atoms with Crippen LogP contribution < -0.4 is 0 Å². The maximum atomic E-state index is 3.97. The summed E-state index contributed by atoms with van der Waals surface area (Å²) in [6.45, 7) is 3.76. The second kappa shape index (κ2) is 2.51. The van der Waals surface area contributed by atoms with E-state index in [-0.39, 0.29) is 0 Å². The van der Waals surface area contributed by atoms with Gasteiger partial charge in [-0.2, -0.15) is 10.2 Å². The van der Waals surface area contributed by atoms with E-state index in [1.165, 1.54) is 0 Å². The Hall–Kier alpha value is -1.32. The zero-order valence-electron chi connectivity index (χ0n) is 6.15. The van der Waals surface area contributed by atoms with Crippen LogP contribution in [-0.4, -0.2) is 36.5 Å². The highest BCUT2D eigenvalue weighted by Gasteiger charge is 2.04. The van der Waals surface area contributed by atoms with E-state index < -0.39 is 0 Å². The average Bonchev–Trinajstić information content (AvgIpc) is 2.04. The van der Waals surface area contributed by atoms with Gasteiger partial charge in [-0.1, -0.05) is 6.58 Å². The van der Waals surface area contributed by atoms with Crippen LogP contribution in [0.1, 0.15) is 0 Å². The Bertz CT molecular complexity index is 174. The summed E-state index contributed by atoms with van der Waals surface area (Å²) in [6.07, 6.45) is 3.24. The molecule has 1 heterocycles. The molecule has 10 heavy (non-hydrogen) atoms. The van der Waals surface area contributed by atoms with Crippen molar-refractivity contribution in [3.63, 3.8) is 0 Å². The fourth-order valence-electron chi connectivity index (χ4n) is 0.602. The Morgan fingerprint density at radius 2 is 1.60 bits per heavy atom. The molecule has 1 rings (SSSR count). The third-order valence-corrected chi connectivity index (χ3v) is 1.29. The summed E-state index contributed by atoms with van der Waals surface area (Å²) >= 11 is 0. The Kier molecular flexibility index (Phi) is 1.71. The van der Waals surface area contributed by atoms with Crippen LogP contribution in [0.15, 0.2) is 22.6 Å². The van der Waals surface area contributed by atoms with Crippen molar-refractivity contribution in [1.82, 2.24) is 10.0 Å². The highest BCUT2D eigenvalue weighted by molar-refractivity contribution is 6.15. The number of hydrogen-bond acceptors (Lipinski definition) is 4. The largest absolute Gasteiger partial charge is 0.252 e. The molecule has 4 heteroatoms. The summed E-state index contributed by atoms with van der Waals surface area (Å²) in [5.74, 6) is 0.755. The lowest BCUT2D eigenvalue weighted by Gasteiger charge is -2.19. The lowest BCUT2D eigenvalue weighted by molar-refractivity contribution is 0.293. The normalized spacial score (nSPS) is 18.0. The van der Waals surface area contributed by atoms with Gasteiger partial charge in [-0.05, 0) is 0 Å². The zero-order chi connectivity index (χ0) is 7.56. The third-order valence-electron chi connectivity index (χ3n) is 1.29. The van der Waals surface area contributed by atoms with Gasteiger partial charge in [-0.25, -0.2) is 0 Å². The molecule has 0 aliphatic carbocycles. The van der Waals surface area contributed by atoms with Crippen LogP contribution in [-0.2, 0) is 0 Å². The lowest BCUT2D eigenvalue weighted by atomic mass is 10.7. The topological polar surface area (TPSA) is 31.2 Å². The minimum atomic E-state index is 0.755. The van der Waals surface area contributed by atoms with Crippen molar-refractivity contribution in [2.45, 2.75) is 0 Å². The van der Waals surface area contributed by atoms with Gasteiger partial charge < -0.3 is 0 Å². The summed E-state index contributed by atoms with van der Waals surface area (Å²) in [7, 11) is 3.65. The highest BCUT2D eigenvalue weighted by Crippen LogP contribution is 2.04. The van der Waals surface area contributed by atoms with E-state index in [0.717, 1.165) is 5.82 Å². The van der Waals surface area contributed by atoms with Gasteiger partial charge in [0.1, 0.15) is 5.82 Å². The van der Waals surface area contributed by atoms with Gasteiger partial charge in [0.05, 0.1) is 12.4 Å². The Balaban J connectivity index is 2.79. The van der Waals surface area contributed by atoms with Crippen molar-refractivity contribution >= 4 is 12.4 Å². The molecule has 0 fully saturated rings. The van der Waals surface area contributed by atoms with Gasteiger partial charge in [0.25, 0.3) is 0 Å². The standard InChI is InChI=1S/C6H10N4/c1-6-9(2)7-4-5-8-10(6)3/h4-5H,1H2,2-3H3. The van der Waals surface area contributed by atoms with Crippen LogP contribution in [0.4, 0.5) is 0 Å². The van der Waals surface area contributed by atoms with E-state index in [0.29, 0.717) is 0 Å². The van der Waals surface area contributed by atoms with Crippen molar-refractivity contribution in [2.75, 3.05) is 14.1 Å². The van der Waals surface area contributed by atoms with Crippen LogP contribution in [0.2, 0.25) is 0 Å². The molecule has 0 N–H and O–H groups in total. The molecular formula is C6H10N4. The van der Waals surface area contributed by atoms with E-state index in [1.807, 2.05) is 14.1 Å². The first-order chi connectivity index (χ1) is 4.72. The van der Waals surface area contributed by atoms with Gasteiger partial charge >= 0.3 is 0 Å². The van der Waals surface area contributed by atoms with E-state index in [2.05, 4.69) is 16.8 Å². The fraction of sp³-hybridized carbons (Fsp3) is 0.333. The van der Waals surface area contributed by atoms with Gasteiger partial charge in [-0.15, -0.1) is 0 Å². The van der Waals surface area contributed by atoms with Crippen LogP contribution in [0.25, 0.3) is 0 Å². The quantitative estimate of drug-likeness (QED) is 0.482. The number of hydrazone groups is 2. The predicted molar refractivity (Wildman–Crippen MR) is 41.7 cm³/mol. The number of rotatable bonds is 0. The predicted octanol–water partition coefficient (Wildman–Crippen LogP) is 0.306. The molecule has 1 aliphatic rings. The molecule has 1 aliphatic heterocycles. The van der Waals surface area contributed by atoms with Gasteiger partial charge in [0, 0.05) is 14.1 Å². The number of hydrogen-bond donors (Lipinski definition) is 0. The molecule has 0 saturated carbocycles. The molecule has 0 unspecified atom stereocenters. The first kappa shape index (κ1) is 6.80. The summed E-state index contributed by atoms with van der Waals surface area (Å²) in [6, 6.07) is 0. The zero-order valence-corrected chi connectivity index (χ0v) is 6.15. The molecule has 0 aromatic carbocycles. The first-order valence-electron chi connectivity index (χ1n) is 2.94. The van der Waals surface area contributed by atoms with Crippen LogP contribution in [0, 0.1) is 0 Å². The van der Waals surface area contributed by atoms with Gasteiger partial charge in [0.2, 0.25) is 0 Å². The molecular weight excluding hydrogens is 128 g/mol. The van der Waals surface area contributed by atoms with E-state index in [1.54, 1.807) is 22.4 Å².